The summed E-state index contributed by atoms with van der Waals surface area (Å²) >= 11 is 0. The fraction of sp³-hybridized carbons (Fsp3) is 0.600. The first kappa shape index (κ1) is 17.2. The average molecular weight is 306 g/mol. The summed E-state index contributed by atoms with van der Waals surface area (Å²) < 4.78 is 24.5. The zero-order valence-electron chi connectivity index (χ0n) is 13.7. The molecule has 0 bridgehead atoms. The second-order valence-electron chi connectivity index (χ2n) is 6.67. The topological polar surface area (TPSA) is 0 Å². The van der Waals surface area contributed by atoms with Crippen LogP contribution in [0, 0.1) is 5.92 Å². The highest BCUT2D eigenvalue weighted by Crippen LogP contribution is 2.37. The van der Waals surface area contributed by atoms with Crippen molar-refractivity contribution < 1.29 is 8.78 Å². The normalized spacial score (nSPS) is 21.6. The van der Waals surface area contributed by atoms with Crippen molar-refractivity contribution >= 4 is 6.08 Å². The molecule has 1 aromatic rings. The molecule has 2 rings (SSSR count). The van der Waals surface area contributed by atoms with Crippen LogP contribution in [0.1, 0.15) is 81.8 Å². The largest absolute Gasteiger partial charge is 0.270 e. The van der Waals surface area contributed by atoms with Gasteiger partial charge in [0.1, 0.15) is 0 Å². The highest BCUT2D eigenvalue weighted by atomic mass is 19.3. The summed E-state index contributed by atoms with van der Waals surface area (Å²) in [7, 11) is 0. The van der Waals surface area contributed by atoms with Crippen molar-refractivity contribution in [2.75, 3.05) is 0 Å². The maximum atomic E-state index is 12.2. The predicted molar refractivity (Wildman–Crippen MR) is 90.1 cm³/mol. The van der Waals surface area contributed by atoms with Gasteiger partial charge in [-0.2, -0.15) is 8.78 Å². The van der Waals surface area contributed by atoms with E-state index in [1.165, 1.54) is 63.4 Å². The third kappa shape index (κ3) is 5.55. The molecule has 0 nitrogen and oxygen atoms in total. The van der Waals surface area contributed by atoms with Crippen LogP contribution < -0.4 is 0 Å². The lowest BCUT2D eigenvalue weighted by molar-refractivity contribution is 0.302. The minimum absolute atomic E-state index is 0.591. The molecule has 1 aromatic carbocycles. The van der Waals surface area contributed by atoms with Crippen LogP contribution in [0.5, 0.6) is 0 Å². The van der Waals surface area contributed by atoms with Crippen LogP contribution in [0.3, 0.4) is 0 Å². The predicted octanol–water partition coefficient (Wildman–Crippen LogP) is 7.17. The van der Waals surface area contributed by atoms with Gasteiger partial charge in [0, 0.05) is 6.08 Å². The van der Waals surface area contributed by atoms with Crippen LogP contribution in [0.4, 0.5) is 8.78 Å². The maximum Gasteiger partial charge on any atom is 0.270 e. The Labute approximate surface area is 133 Å². The molecule has 2 heteroatoms. The first-order valence-corrected chi connectivity index (χ1v) is 8.81. The molecule has 1 aliphatic rings. The second-order valence-corrected chi connectivity index (χ2v) is 6.67. The molecule has 0 saturated heterocycles. The SMILES string of the molecule is CCCCCCC1CCC(c2ccc(C=C(F)F)cc2)CC1. The van der Waals surface area contributed by atoms with Gasteiger partial charge in [-0.25, -0.2) is 0 Å². The van der Waals surface area contributed by atoms with E-state index in [1.54, 1.807) is 0 Å². The molecule has 0 amide bonds. The van der Waals surface area contributed by atoms with Gasteiger partial charge in [0.05, 0.1) is 0 Å². The molecule has 0 aromatic heterocycles. The summed E-state index contributed by atoms with van der Waals surface area (Å²) in [6, 6.07) is 7.68. The molecule has 0 spiro atoms. The number of unbranched alkanes of at least 4 members (excludes halogenated alkanes) is 3. The van der Waals surface area contributed by atoms with Gasteiger partial charge in [-0.3, -0.25) is 0 Å². The lowest BCUT2D eigenvalue weighted by Crippen LogP contribution is -2.13. The molecule has 22 heavy (non-hydrogen) atoms. The van der Waals surface area contributed by atoms with E-state index in [0.717, 1.165) is 12.0 Å². The zero-order chi connectivity index (χ0) is 15.8. The highest BCUT2D eigenvalue weighted by Gasteiger charge is 2.21. The molecular weight excluding hydrogens is 278 g/mol. The Morgan fingerprint density at radius 3 is 2.27 bits per heavy atom. The summed E-state index contributed by atoms with van der Waals surface area (Å²) in [5, 5.41) is 0. The van der Waals surface area contributed by atoms with E-state index < -0.39 is 6.08 Å². The van der Waals surface area contributed by atoms with Crippen molar-refractivity contribution in [2.24, 2.45) is 5.92 Å². The number of hydrogen-bond donors (Lipinski definition) is 0. The van der Waals surface area contributed by atoms with E-state index in [4.69, 9.17) is 0 Å². The minimum atomic E-state index is -1.63. The van der Waals surface area contributed by atoms with Gasteiger partial charge in [-0.15, -0.1) is 0 Å². The lowest BCUT2D eigenvalue weighted by atomic mass is 9.77. The molecule has 0 aliphatic heterocycles. The summed E-state index contributed by atoms with van der Waals surface area (Å²) in [6.45, 7) is 2.26. The van der Waals surface area contributed by atoms with Crippen LogP contribution in [-0.4, -0.2) is 0 Å². The maximum absolute atomic E-state index is 12.2. The Balaban J connectivity index is 1.77. The number of halogens is 2. The van der Waals surface area contributed by atoms with Gasteiger partial charge >= 0.3 is 0 Å². The zero-order valence-corrected chi connectivity index (χ0v) is 13.7. The van der Waals surface area contributed by atoms with Gasteiger partial charge in [0.2, 0.25) is 0 Å². The molecule has 122 valence electrons. The van der Waals surface area contributed by atoms with Crippen molar-refractivity contribution in [1.29, 1.82) is 0 Å². The van der Waals surface area contributed by atoms with E-state index >= 15 is 0 Å². The van der Waals surface area contributed by atoms with Gasteiger partial charge in [0.25, 0.3) is 6.08 Å². The molecule has 0 radical (unpaired) electrons. The van der Waals surface area contributed by atoms with Gasteiger partial charge in [0.15, 0.2) is 0 Å². The lowest BCUT2D eigenvalue weighted by Gasteiger charge is -2.29. The molecule has 1 saturated carbocycles. The smallest absolute Gasteiger partial charge is 0.173 e. The summed E-state index contributed by atoms with van der Waals surface area (Å²) in [5.41, 5.74) is 1.91. The molecule has 0 atom stereocenters. The van der Waals surface area contributed by atoms with E-state index in [0.29, 0.717) is 11.5 Å². The summed E-state index contributed by atoms with van der Waals surface area (Å²) in [6.07, 6.45) is 11.3. The number of rotatable bonds is 7. The Kier molecular flexibility index (Phi) is 7.08. The molecule has 1 aliphatic carbocycles. The molecular formula is C20H28F2. The van der Waals surface area contributed by atoms with E-state index in [-0.39, 0.29) is 0 Å². The van der Waals surface area contributed by atoms with Crippen molar-refractivity contribution in [2.45, 2.75) is 70.6 Å². The number of hydrogen-bond acceptors (Lipinski definition) is 0. The average Bonchev–Trinajstić information content (AvgIpc) is 2.52. The van der Waals surface area contributed by atoms with E-state index in [9.17, 15) is 8.78 Å². The monoisotopic (exact) mass is 306 g/mol. The van der Waals surface area contributed by atoms with Gasteiger partial charge in [-0.05, 0) is 48.6 Å². The number of benzene rings is 1. The van der Waals surface area contributed by atoms with Crippen molar-refractivity contribution in [3.8, 4) is 0 Å². The van der Waals surface area contributed by atoms with Crippen LogP contribution >= 0.6 is 0 Å². The van der Waals surface area contributed by atoms with Crippen LogP contribution in [0.15, 0.2) is 30.3 Å². The molecule has 0 unspecified atom stereocenters. The van der Waals surface area contributed by atoms with Crippen molar-refractivity contribution in [3.05, 3.63) is 41.5 Å². The third-order valence-electron chi connectivity index (χ3n) is 5.00. The fourth-order valence-corrected chi connectivity index (χ4v) is 3.63. The third-order valence-corrected chi connectivity index (χ3v) is 5.00. The summed E-state index contributed by atoms with van der Waals surface area (Å²) in [5.74, 6) is 1.54. The Bertz CT molecular complexity index is 449. The van der Waals surface area contributed by atoms with Crippen molar-refractivity contribution in [3.63, 3.8) is 0 Å². The van der Waals surface area contributed by atoms with Gasteiger partial charge < -0.3 is 0 Å². The standard InChI is InChI=1S/C20H28F2/c1-2-3-4-5-6-16-7-11-18(12-8-16)19-13-9-17(10-14-19)15-20(21)22/h9-10,13-16,18H,2-8,11-12H2,1H3. The Hall–Kier alpha value is -1.18. The van der Waals surface area contributed by atoms with Crippen LogP contribution in [-0.2, 0) is 0 Å². The van der Waals surface area contributed by atoms with Crippen LogP contribution in [0.25, 0.3) is 6.08 Å². The quantitative estimate of drug-likeness (QED) is 0.468. The summed E-state index contributed by atoms with van der Waals surface area (Å²) in [4.78, 5) is 0. The minimum Gasteiger partial charge on any atom is -0.173 e. The van der Waals surface area contributed by atoms with Crippen molar-refractivity contribution in [1.82, 2.24) is 0 Å². The van der Waals surface area contributed by atoms with E-state index in [1.807, 2.05) is 24.3 Å². The second kappa shape index (κ2) is 9.07. The Morgan fingerprint density at radius 2 is 1.68 bits per heavy atom. The molecule has 0 N–H and O–H groups in total. The van der Waals surface area contributed by atoms with Crippen LogP contribution in [0.2, 0.25) is 0 Å². The Morgan fingerprint density at radius 1 is 1.00 bits per heavy atom. The van der Waals surface area contributed by atoms with E-state index in [2.05, 4.69) is 6.92 Å². The highest BCUT2D eigenvalue weighted by molar-refractivity contribution is 5.50. The molecule has 1 fully saturated rings. The first-order valence-electron chi connectivity index (χ1n) is 8.81. The molecule has 0 heterocycles. The fourth-order valence-electron chi connectivity index (χ4n) is 3.63. The van der Waals surface area contributed by atoms with Gasteiger partial charge in [-0.1, -0.05) is 63.3 Å². The first-order chi connectivity index (χ1) is 10.7.